The molecule has 108 valence electrons. The van der Waals surface area contributed by atoms with E-state index in [0.717, 1.165) is 23.1 Å². The monoisotopic (exact) mass is 407 g/mol. The summed E-state index contributed by atoms with van der Waals surface area (Å²) in [5.74, 6) is -1.09. The van der Waals surface area contributed by atoms with Crippen LogP contribution in [0.25, 0.3) is 0 Å². The van der Waals surface area contributed by atoms with Crippen LogP contribution in [-0.2, 0) is 9.59 Å². The second-order valence-corrected chi connectivity index (χ2v) is 6.07. The minimum Gasteiger partial charge on any atom is -0.333 e. The standard InChI is InChI=1S/C13H15ClIN3O2/c14-9-2-3-11(10(15)8-9)17-12(19)13(20)18-6-1-4-16-5-7-18/h2-3,8,16H,1,4-7H2,(H,17,19). The van der Waals surface area contributed by atoms with Crippen LogP contribution < -0.4 is 10.6 Å². The van der Waals surface area contributed by atoms with E-state index in [1.807, 2.05) is 0 Å². The van der Waals surface area contributed by atoms with Gasteiger partial charge in [-0.05, 0) is 53.8 Å². The molecule has 1 fully saturated rings. The molecule has 2 amide bonds. The van der Waals surface area contributed by atoms with Gasteiger partial charge in [-0.1, -0.05) is 11.6 Å². The molecule has 7 heteroatoms. The van der Waals surface area contributed by atoms with Crippen molar-refractivity contribution in [2.45, 2.75) is 6.42 Å². The topological polar surface area (TPSA) is 61.4 Å². The van der Waals surface area contributed by atoms with Gasteiger partial charge >= 0.3 is 11.8 Å². The van der Waals surface area contributed by atoms with E-state index >= 15 is 0 Å². The van der Waals surface area contributed by atoms with Crippen LogP contribution >= 0.6 is 34.2 Å². The SMILES string of the molecule is O=C(Nc1ccc(Cl)cc1I)C(=O)N1CCCNCC1. The molecule has 1 aliphatic heterocycles. The molecule has 0 aliphatic carbocycles. The van der Waals surface area contributed by atoms with Gasteiger partial charge in [-0.2, -0.15) is 0 Å². The molecule has 2 rings (SSSR count). The van der Waals surface area contributed by atoms with Gasteiger partial charge in [0.15, 0.2) is 0 Å². The number of nitrogens with zero attached hydrogens (tertiary/aromatic N) is 1. The molecular weight excluding hydrogens is 393 g/mol. The highest BCUT2D eigenvalue weighted by Gasteiger charge is 2.23. The molecule has 0 spiro atoms. The van der Waals surface area contributed by atoms with Crippen molar-refractivity contribution in [2.24, 2.45) is 0 Å². The summed E-state index contributed by atoms with van der Waals surface area (Å²) in [4.78, 5) is 25.7. The molecule has 0 bridgehead atoms. The van der Waals surface area contributed by atoms with E-state index < -0.39 is 11.8 Å². The van der Waals surface area contributed by atoms with Gasteiger partial charge in [0, 0.05) is 28.2 Å². The van der Waals surface area contributed by atoms with Crippen LogP contribution in [0.15, 0.2) is 18.2 Å². The van der Waals surface area contributed by atoms with Gasteiger partial charge in [0.1, 0.15) is 0 Å². The molecule has 1 heterocycles. The fourth-order valence-corrected chi connectivity index (χ4v) is 2.97. The molecule has 0 radical (unpaired) electrons. The average molecular weight is 408 g/mol. The Balaban J connectivity index is 2.01. The molecule has 0 atom stereocenters. The number of nitrogens with one attached hydrogen (secondary N) is 2. The van der Waals surface area contributed by atoms with Gasteiger partial charge in [-0.15, -0.1) is 0 Å². The van der Waals surface area contributed by atoms with E-state index in [9.17, 15) is 9.59 Å². The van der Waals surface area contributed by atoms with Crippen molar-refractivity contribution in [3.63, 3.8) is 0 Å². The fourth-order valence-electron chi connectivity index (χ4n) is 1.96. The number of anilines is 1. The van der Waals surface area contributed by atoms with Gasteiger partial charge in [0.2, 0.25) is 0 Å². The van der Waals surface area contributed by atoms with Crippen LogP contribution in [0.4, 0.5) is 5.69 Å². The van der Waals surface area contributed by atoms with E-state index in [0.29, 0.717) is 23.8 Å². The Hall–Kier alpha value is -0.860. The lowest BCUT2D eigenvalue weighted by Crippen LogP contribution is -2.41. The predicted molar refractivity (Wildman–Crippen MR) is 86.9 cm³/mol. The second-order valence-electron chi connectivity index (χ2n) is 4.47. The van der Waals surface area contributed by atoms with Crippen LogP contribution in [0.3, 0.4) is 0 Å². The van der Waals surface area contributed by atoms with Crippen molar-refractivity contribution < 1.29 is 9.59 Å². The summed E-state index contributed by atoms with van der Waals surface area (Å²) in [6, 6.07) is 5.11. The Bertz CT molecular complexity index is 516. The van der Waals surface area contributed by atoms with E-state index in [2.05, 4.69) is 33.2 Å². The zero-order valence-corrected chi connectivity index (χ0v) is 13.7. The molecule has 20 heavy (non-hydrogen) atoms. The van der Waals surface area contributed by atoms with Crippen LogP contribution in [-0.4, -0.2) is 42.9 Å². The Kier molecular flexibility index (Phi) is 5.62. The van der Waals surface area contributed by atoms with Crippen LogP contribution in [0.1, 0.15) is 6.42 Å². The minimum absolute atomic E-state index is 0.487. The van der Waals surface area contributed by atoms with Gasteiger partial charge in [-0.3, -0.25) is 9.59 Å². The quantitative estimate of drug-likeness (QED) is 0.550. The van der Waals surface area contributed by atoms with Gasteiger partial charge < -0.3 is 15.5 Å². The van der Waals surface area contributed by atoms with Crippen LogP contribution in [0, 0.1) is 3.57 Å². The van der Waals surface area contributed by atoms with E-state index in [1.165, 1.54) is 0 Å². The van der Waals surface area contributed by atoms with Crippen molar-refractivity contribution in [3.05, 3.63) is 26.8 Å². The summed E-state index contributed by atoms with van der Waals surface area (Å²) in [5.41, 5.74) is 0.598. The number of rotatable bonds is 1. The summed E-state index contributed by atoms with van der Waals surface area (Å²) < 4.78 is 0.800. The maximum Gasteiger partial charge on any atom is 0.313 e. The largest absolute Gasteiger partial charge is 0.333 e. The molecule has 0 aromatic heterocycles. The zero-order chi connectivity index (χ0) is 14.5. The summed E-state index contributed by atoms with van der Waals surface area (Å²) in [6.07, 6.45) is 0.859. The lowest BCUT2D eigenvalue weighted by Gasteiger charge is -2.19. The summed E-state index contributed by atoms with van der Waals surface area (Å²) in [7, 11) is 0. The third kappa shape index (κ3) is 4.07. The molecule has 1 aromatic carbocycles. The van der Waals surface area contributed by atoms with Crippen molar-refractivity contribution in [2.75, 3.05) is 31.5 Å². The van der Waals surface area contributed by atoms with Crippen molar-refractivity contribution >= 4 is 51.7 Å². The Labute approximate surface area is 136 Å². The first-order valence-corrected chi connectivity index (χ1v) is 7.79. The van der Waals surface area contributed by atoms with Crippen molar-refractivity contribution in [3.8, 4) is 0 Å². The molecule has 2 N–H and O–H groups in total. The lowest BCUT2D eigenvalue weighted by molar-refractivity contribution is -0.143. The number of hydrogen-bond acceptors (Lipinski definition) is 3. The molecule has 0 saturated carbocycles. The Morgan fingerprint density at radius 1 is 1.30 bits per heavy atom. The van der Waals surface area contributed by atoms with Crippen molar-refractivity contribution in [1.82, 2.24) is 10.2 Å². The van der Waals surface area contributed by atoms with E-state index in [4.69, 9.17) is 11.6 Å². The number of hydrogen-bond donors (Lipinski definition) is 2. The molecule has 0 unspecified atom stereocenters. The molecule has 1 aliphatic rings. The third-order valence-corrected chi connectivity index (χ3v) is 4.13. The maximum absolute atomic E-state index is 12.1. The summed E-state index contributed by atoms with van der Waals surface area (Å²) >= 11 is 7.93. The highest BCUT2D eigenvalue weighted by Crippen LogP contribution is 2.22. The van der Waals surface area contributed by atoms with Gasteiger partial charge in [-0.25, -0.2) is 0 Å². The predicted octanol–water partition coefficient (Wildman–Crippen LogP) is 1.71. The molecule has 1 aromatic rings. The molecular formula is C13H15ClIN3O2. The average Bonchev–Trinajstić information content (AvgIpc) is 2.70. The lowest BCUT2D eigenvalue weighted by atomic mass is 10.3. The van der Waals surface area contributed by atoms with Crippen molar-refractivity contribution in [1.29, 1.82) is 0 Å². The minimum atomic E-state index is -0.605. The van der Waals surface area contributed by atoms with E-state index in [1.54, 1.807) is 23.1 Å². The Morgan fingerprint density at radius 3 is 2.85 bits per heavy atom. The molecule has 1 saturated heterocycles. The molecule has 5 nitrogen and oxygen atoms in total. The number of carbonyl (C=O) groups excluding carboxylic acids is 2. The number of benzene rings is 1. The first-order valence-electron chi connectivity index (χ1n) is 6.34. The highest BCUT2D eigenvalue weighted by atomic mass is 127. The highest BCUT2D eigenvalue weighted by molar-refractivity contribution is 14.1. The number of carbonyl (C=O) groups is 2. The van der Waals surface area contributed by atoms with Gasteiger partial charge in [0.05, 0.1) is 5.69 Å². The van der Waals surface area contributed by atoms with Crippen LogP contribution in [0.5, 0.6) is 0 Å². The zero-order valence-electron chi connectivity index (χ0n) is 10.8. The first kappa shape index (κ1) is 15.5. The normalized spacial score (nSPS) is 15.6. The maximum atomic E-state index is 12.1. The first-order chi connectivity index (χ1) is 9.58. The second kappa shape index (κ2) is 7.24. The van der Waals surface area contributed by atoms with Gasteiger partial charge in [0.25, 0.3) is 0 Å². The number of amides is 2. The Morgan fingerprint density at radius 2 is 2.10 bits per heavy atom. The number of halogens is 2. The van der Waals surface area contributed by atoms with Crippen LogP contribution in [0.2, 0.25) is 5.02 Å². The summed E-state index contributed by atoms with van der Waals surface area (Å²) in [5, 5.41) is 6.43. The van der Waals surface area contributed by atoms with E-state index in [-0.39, 0.29) is 0 Å². The summed E-state index contributed by atoms with van der Waals surface area (Å²) in [6.45, 7) is 2.76. The fraction of sp³-hybridized carbons (Fsp3) is 0.385. The third-order valence-electron chi connectivity index (χ3n) is 3.00. The smallest absolute Gasteiger partial charge is 0.313 e.